The second-order valence-corrected chi connectivity index (χ2v) is 22.8. The van der Waals surface area contributed by atoms with Crippen LogP contribution in [-0.4, -0.2) is 47.4 Å². The third-order valence-corrected chi connectivity index (χ3v) is 15.4. The van der Waals surface area contributed by atoms with Gasteiger partial charge in [-0.1, -0.05) is 320 Å². The molecule has 0 aromatic carbocycles. The van der Waals surface area contributed by atoms with Gasteiger partial charge < -0.3 is 20.3 Å². The number of nitrogens with one attached hydrogen (secondary N) is 1. The lowest BCUT2D eigenvalue weighted by molar-refractivity contribution is -0.143. The van der Waals surface area contributed by atoms with E-state index in [-0.39, 0.29) is 18.5 Å². The Hall–Kier alpha value is -1.92. The fraction of sp³-hybridized carbons (Fsp3) is 0.882. The predicted octanol–water partition coefficient (Wildman–Crippen LogP) is 21.1. The quantitative estimate of drug-likeness (QED) is 0.0320. The highest BCUT2D eigenvalue weighted by atomic mass is 16.5. The largest absolute Gasteiger partial charge is 0.466 e. The summed E-state index contributed by atoms with van der Waals surface area (Å²) in [4.78, 5) is 24.6. The van der Waals surface area contributed by atoms with Crippen LogP contribution in [0.25, 0.3) is 0 Å². The minimum Gasteiger partial charge on any atom is -0.466 e. The van der Waals surface area contributed by atoms with E-state index >= 15 is 0 Å². The molecule has 2 unspecified atom stereocenters. The van der Waals surface area contributed by atoms with Crippen LogP contribution in [0, 0.1) is 0 Å². The van der Waals surface area contributed by atoms with Crippen molar-refractivity contribution >= 4 is 11.9 Å². The molecule has 3 N–H and O–H groups in total. The Bertz CT molecular complexity index is 1200. The monoisotopic (exact) mass is 1040 g/mol. The van der Waals surface area contributed by atoms with E-state index in [1.54, 1.807) is 6.08 Å². The van der Waals surface area contributed by atoms with Crippen LogP contribution in [0.5, 0.6) is 0 Å². The van der Waals surface area contributed by atoms with E-state index in [0.717, 1.165) is 51.4 Å². The third-order valence-electron chi connectivity index (χ3n) is 15.4. The van der Waals surface area contributed by atoms with Crippen molar-refractivity contribution in [2.45, 2.75) is 373 Å². The summed E-state index contributed by atoms with van der Waals surface area (Å²) in [7, 11) is 0. The van der Waals surface area contributed by atoms with Crippen LogP contribution in [0.4, 0.5) is 0 Å². The fourth-order valence-electron chi connectivity index (χ4n) is 10.3. The topological polar surface area (TPSA) is 95.9 Å². The molecule has 0 fully saturated rings. The van der Waals surface area contributed by atoms with Crippen LogP contribution >= 0.6 is 0 Å². The van der Waals surface area contributed by atoms with Crippen molar-refractivity contribution in [1.82, 2.24) is 5.32 Å². The molecule has 0 spiro atoms. The van der Waals surface area contributed by atoms with Crippen LogP contribution in [0.15, 0.2) is 36.5 Å². The summed E-state index contributed by atoms with van der Waals surface area (Å²) in [5.41, 5.74) is 0. The molecule has 0 saturated carbocycles. The molecule has 0 aliphatic carbocycles. The van der Waals surface area contributed by atoms with E-state index in [1.807, 2.05) is 6.08 Å². The summed E-state index contributed by atoms with van der Waals surface area (Å²) in [6.07, 6.45) is 80.6. The van der Waals surface area contributed by atoms with Crippen LogP contribution in [0.3, 0.4) is 0 Å². The number of aliphatic hydroxyl groups is 2. The summed E-state index contributed by atoms with van der Waals surface area (Å²) in [6, 6.07) is -0.627. The molecule has 436 valence electrons. The molecule has 6 nitrogen and oxygen atoms in total. The normalized spacial score (nSPS) is 12.8. The van der Waals surface area contributed by atoms with Gasteiger partial charge in [-0.25, -0.2) is 0 Å². The van der Waals surface area contributed by atoms with Gasteiger partial charge in [0.25, 0.3) is 0 Å². The Balaban J connectivity index is 3.38. The molecule has 0 rings (SSSR count). The number of hydrogen-bond acceptors (Lipinski definition) is 5. The number of ether oxygens (including phenoxy) is 1. The molecule has 0 aliphatic heterocycles. The Labute approximate surface area is 462 Å². The Morgan fingerprint density at radius 3 is 1.04 bits per heavy atom. The maximum Gasteiger partial charge on any atom is 0.305 e. The number of amides is 1. The van der Waals surface area contributed by atoms with Crippen molar-refractivity contribution in [2.75, 3.05) is 13.2 Å². The number of carbonyl (C=O) groups is 2. The number of esters is 1. The second kappa shape index (κ2) is 63.6. The molecule has 6 heteroatoms. The standard InChI is InChI=1S/C68H129NO5/c1-3-5-7-9-11-13-15-17-19-32-36-40-44-48-52-56-60-66(71)65(64-70)69-67(72)61-57-53-49-45-41-37-33-30-28-26-24-22-21-23-25-27-29-31-35-39-43-47-51-55-59-63-74-68(73)62-58-54-50-46-42-38-34-20-18-16-14-12-10-8-6-4-2/h14,16,20,34,56,60,65-66,70-71H,3-13,15,17-19,21-33,35-55,57-59,61-64H2,1-2H3,(H,69,72)/b16-14-,34-20-,60-56+. The van der Waals surface area contributed by atoms with Crippen molar-refractivity contribution < 1.29 is 24.5 Å². The molecule has 0 radical (unpaired) electrons. The fourth-order valence-corrected chi connectivity index (χ4v) is 10.3. The van der Waals surface area contributed by atoms with Crippen molar-refractivity contribution in [1.29, 1.82) is 0 Å². The first kappa shape index (κ1) is 72.1. The first-order chi connectivity index (χ1) is 36.5. The van der Waals surface area contributed by atoms with E-state index in [1.165, 1.54) is 283 Å². The van der Waals surface area contributed by atoms with E-state index in [9.17, 15) is 19.8 Å². The van der Waals surface area contributed by atoms with E-state index < -0.39 is 12.1 Å². The zero-order valence-corrected chi connectivity index (χ0v) is 49.8. The molecular weight excluding hydrogens is 911 g/mol. The SMILES string of the molecule is CCCCCC/C=C\C/C=C\CCCCCCCC(=O)OCCCCCCCCCCCCCCCCCCCCCCCCCCCC(=O)NC(CO)C(O)/C=C/CCCCCCCCCCCCCCCC. The van der Waals surface area contributed by atoms with Crippen molar-refractivity contribution in [2.24, 2.45) is 0 Å². The molecule has 0 aromatic heterocycles. The number of rotatable bonds is 62. The lowest BCUT2D eigenvalue weighted by Crippen LogP contribution is -2.45. The number of aliphatic hydroxyl groups excluding tert-OH is 2. The van der Waals surface area contributed by atoms with Gasteiger partial charge in [-0.15, -0.1) is 0 Å². The van der Waals surface area contributed by atoms with Crippen molar-refractivity contribution in [3.8, 4) is 0 Å². The predicted molar refractivity (Wildman–Crippen MR) is 324 cm³/mol. The lowest BCUT2D eigenvalue weighted by atomic mass is 10.0. The first-order valence-electron chi connectivity index (χ1n) is 33.3. The number of hydrogen-bond donors (Lipinski definition) is 3. The maximum atomic E-state index is 12.5. The number of carbonyl (C=O) groups excluding carboxylic acids is 2. The molecule has 0 aromatic rings. The Kier molecular flexibility index (Phi) is 62.0. The average Bonchev–Trinajstić information content (AvgIpc) is 3.40. The van der Waals surface area contributed by atoms with Gasteiger partial charge in [0.2, 0.25) is 5.91 Å². The van der Waals surface area contributed by atoms with Crippen molar-refractivity contribution in [3.05, 3.63) is 36.5 Å². The zero-order valence-electron chi connectivity index (χ0n) is 49.8. The average molecular weight is 1040 g/mol. The van der Waals surface area contributed by atoms with Gasteiger partial charge in [-0.2, -0.15) is 0 Å². The maximum absolute atomic E-state index is 12.5. The minimum absolute atomic E-state index is 0.00270. The summed E-state index contributed by atoms with van der Waals surface area (Å²) in [5.74, 6) is -0.0616. The van der Waals surface area contributed by atoms with E-state index in [4.69, 9.17) is 4.74 Å². The first-order valence-corrected chi connectivity index (χ1v) is 33.3. The van der Waals surface area contributed by atoms with Crippen molar-refractivity contribution in [3.63, 3.8) is 0 Å². The highest BCUT2D eigenvalue weighted by Gasteiger charge is 2.18. The highest BCUT2D eigenvalue weighted by Crippen LogP contribution is 2.18. The van der Waals surface area contributed by atoms with Gasteiger partial charge >= 0.3 is 5.97 Å². The second-order valence-electron chi connectivity index (χ2n) is 22.8. The summed E-state index contributed by atoms with van der Waals surface area (Å²) in [6.45, 7) is 4.90. The van der Waals surface area contributed by atoms with Gasteiger partial charge in [0.15, 0.2) is 0 Å². The Morgan fingerprint density at radius 1 is 0.378 bits per heavy atom. The van der Waals surface area contributed by atoms with Gasteiger partial charge in [-0.05, 0) is 64.2 Å². The number of unbranched alkanes of at least 4 members (excludes halogenated alkanes) is 47. The number of allylic oxidation sites excluding steroid dienone is 5. The molecule has 2 atom stereocenters. The molecule has 0 saturated heterocycles. The summed E-state index contributed by atoms with van der Waals surface area (Å²) < 4.78 is 5.49. The van der Waals surface area contributed by atoms with Crippen LogP contribution in [0.1, 0.15) is 361 Å². The smallest absolute Gasteiger partial charge is 0.305 e. The summed E-state index contributed by atoms with van der Waals surface area (Å²) >= 11 is 0. The zero-order chi connectivity index (χ0) is 53.6. The molecule has 74 heavy (non-hydrogen) atoms. The van der Waals surface area contributed by atoms with Gasteiger partial charge in [0, 0.05) is 12.8 Å². The molecule has 1 amide bonds. The molecule has 0 heterocycles. The molecular formula is C68H129NO5. The minimum atomic E-state index is -0.843. The summed E-state index contributed by atoms with van der Waals surface area (Å²) in [5, 5.41) is 23.2. The third kappa shape index (κ3) is 59.3. The van der Waals surface area contributed by atoms with Crippen LogP contribution in [0.2, 0.25) is 0 Å². The highest BCUT2D eigenvalue weighted by molar-refractivity contribution is 5.76. The van der Waals surface area contributed by atoms with E-state index in [2.05, 4.69) is 43.5 Å². The Morgan fingerprint density at radius 2 is 0.676 bits per heavy atom. The van der Waals surface area contributed by atoms with Gasteiger partial charge in [0.05, 0.1) is 25.4 Å². The molecule has 0 bridgehead atoms. The van der Waals surface area contributed by atoms with Crippen LogP contribution < -0.4 is 5.32 Å². The van der Waals surface area contributed by atoms with Crippen LogP contribution in [-0.2, 0) is 14.3 Å². The van der Waals surface area contributed by atoms with Gasteiger partial charge in [-0.3, -0.25) is 9.59 Å². The lowest BCUT2D eigenvalue weighted by Gasteiger charge is -2.20. The van der Waals surface area contributed by atoms with Gasteiger partial charge in [0.1, 0.15) is 0 Å². The molecule has 0 aliphatic rings. The van der Waals surface area contributed by atoms with E-state index in [0.29, 0.717) is 19.4 Å².